The quantitative estimate of drug-likeness (QED) is 0.638. The van der Waals surface area contributed by atoms with Gasteiger partial charge in [0.05, 0.1) is 0 Å². The fourth-order valence-electron chi connectivity index (χ4n) is 0.584. The smallest absolute Gasteiger partial charge is 0.216 e. The van der Waals surface area contributed by atoms with E-state index in [1.807, 2.05) is 0 Å². The molecule has 0 aromatic carbocycles. The van der Waals surface area contributed by atoms with Crippen molar-refractivity contribution in [1.82, 2.24) is 9.97 Å². The Bertz CT molecular complexity index is 321. The molecule has 0 amide bonds. The van der Waals surface area contributed by atoms with Gasteiger partial charge in [-0.25, -0.2) is 23.5 Å². The van der Waals surface area contributed by atoms with E-state index in [1.165, 1.54) is 12.4 Å². The van der Waals surface area contributed by atoms with Gasteiger partial charge in [0.25, 0.3) is 0 Å². The zero-order valence-corrected chi connectivity index (χ0v) is 6.45. The maximum absolute atomic E-state index is 10.5. The largest absolute Gasteiger partial charge is 0.240 e. The van der Waals surface area contributed by atoms with Gasteiger partial charge in [-0.05, 0) is 6.07 Å². The molecular weight excluding hydrogens is 166 g/mol. The van der Waals surface area contributed by atoms with Crippen molar-refractivity contribution < 1.29 is 8.42 Å². The topological polar surface area (TPSA) is 85.9 Å². The van der Waals surface area contributed by atoms with E-state index in [-0.39, 0.29) is 11.6 Å². The van der Waals surface area contributed by atoms with Crippen molar-refractivity contribution in [3.63, 3.8) is 0 Å². The second-order valence-electron chi connectivity index (χ2n) is 1.97. The van der Waals surface area contributed by atoms with Crippen LogP contribution < -0.4 is 5.14 Å². The number of hydrogen-bond acceptors (Lipinski definition) is 4. The van der Waals surface area contributed by atoms with Crippen molar-refractivity contribution in [2.24, 2.45) is 5.14 Å². The van der Waals surface area contributed by atoms with Gasteiger partial charge >= 0.3 is 0 Å². The Kier molecular flexibility index (Phi) is 2.16. The summed E-state index contributed by atoms with van der Waals surface area (Å²) in [4.78, 5) is 7.39. The van der Waals surface area contributed by atoms with Crippen LogP contribution in [0.3, 0.4) is 0 Å². The lowest BCUT2D eigenvalue weighted by Gasteiger charge is -1.94. The van der Waals surface area contributed by atoms with E-state index >= 15 is 0 Å². The molecule has 6 heteroatoms. The SMILES string of the molecule is NS(=O)(=O)Cc1ncccn1. The van der Waals surface area contributed by atoms with Gasteiger partial charge in [-0.15, -0.1) is 0 Å². The molecule has 0 aliphatic rings. The fraction of sp³-hybridized carbons (Fsp3) is 0.200. The molecule has 0 aliphatic heterocycles. The van der Waals surface area contributed by atoms with Crippen LogP contribution in [0.4, 0.5) is 0 Å². The number of hydrogen-bond donors (Lipinski definition) is 1. The molecule has 0 saturated carbocycles. The number of primary sulfonamides is 1. The van der Waals surface area contributed by atoms with Crippen LogP contribution in [0, 0.1) is 0 Å². The van der Waals surface area contributed by atoms with Gasteiger partial charge in [0.2, 0.25) is 10.0 Å². The molecular formula is C5H7N3O2S. The highest BCUT2D eigenvalue weighted by Crippen LogP contribution is 1.92. The normalized spacial score (nSPS) is 11.4. The predicted molar refractivity (Wildman–Crippen MR) is 38.8 cm³/mol. The lowest BCUT2D eigenvalue weighted by Crippen LogP contribution is -2.16. The molecule has 0 radical (unpaired) electrons. The molecule has 1 heterocycles. The summed E-state index contributed by atoms with van der Waals surface area (Å²) in [6.45, 7) is 0. The summed E-state index contributed by atoms with van der Waals surface area (Å²) in [5.74, 6) is -0.0941. The molecule has 0 fully saturated rings. The third-order valence-electron chi connectivity index (χ3n) is 0.950. The highest BCUT2D eigenvalue weighted by atomic mass is 32.2. The molecule has 1 rings (SSSR count). The molecule has 0 aliphatic carbocycles. The minimum absolute atomic E-state index is 0.218. The van der Waals surface area contributed by atoms with Gasteiger partial charge in [0.1, 0.15) is 11.6 Å². The summed E-state index contributed by atoms with van der Waals surface area (Å²) in [7, 11) is -3.50. The fourth-order valence-corrected chi connectivity index (χ4v) is 1.09. The molecule has 2 N–H and O–H groups in total. The molecule has 5 nitrogen and oxygen atoms in total. The van der Waals surface area contributed by atoms with Gasteiger partial charge in [0, 0.05) is 12.4 Å². The van der Waals surface area contributed by atoms with E-state index < -0.39 is 10.0 Å². The lowest BCUT2D eigenvalue weighted by atomic mass is 10.6. The molecule has 1 aromatic rings. The molecule has 0 spiro atoms. The Labute approximate surface area is 64.3 Å². The van der Waals surface area contributed by atoms with E-state index in [4.69, 9.17) is 5.14 Å². The second kappa shape index (κ2) is 2.93. The van der Waals surface area contributed by atoms with Gasteiger partial charge in [-0.3, -0.25) is 0 Å². The van der Waals surface area contributed by atoms with Crippen molar-refractivity contribution in [1.29, 1.82) is 0 Å². The summed E-state index contributed by atoms with van der Waals surface area (Å²) < 4.78 is 21.0. The van der Waals surface area contributed by atoms with Crippen molar-refractivity contribution in [3.8, 4) is 0 Å². The van der Waals surface area contributed by atoms with E-state index in [0.29, 0.717) is 0 Å². The minimum atomic E-state index is -3.50. The maximum atomic E-state index is 10.5. The first-order chi connectivity index (χ1) is 5.08. The van der Waals surface area contributed by atoms with Gasteiger partial charge in [-0.2, -0.15) is 0 Å². The van der Waals surface area contributed by atoms with Crippen LogP contribution in [-0.2, 0) is 15.8 Å². The number of nitrogens with two attached hydrogens (primary N) is 1. The average molecular weight is 173 g/mol. The zero-order valence-electron chi connectivity index (χ0n) is 5.64. The summed E-state index contributed by atoms with van der Waals surface area (Å²) in [5.41, 5.74) is 0. The molecule has 1 aromatic heterocycles. The number of rotatable bonds is 2. The van der Waals surface area contributed by atoms with Crippen LogP contribution in [-0.4, -0.2) is 18.4 Å². The molecule has 60 valence electrons. The first kappa shape index (κ1) is 8.09. The lowest BCUT2D eigenvalue weighted by molar-refractivity contribution is 0.595. The first-order valence-corrected chi connectivity index (χ1v) is 4.56. The van der Waals surface area contributed by atoms with Crippen molar-refractivity contribution in [3.05, 3.63) is 24.3 Å². The van der Waals surface area contributed by atoms with Crippen LogP contribution in [0.5, 0.6) is 0 Å². The van der Waals surface area contributed by atoms with E-state index in [9.17, 15) is 8.42 Å². The van der Waals surface area contributed by atoms with E-state index in [1.54, 1.807) is 6.07 Å². The number of aromatic nitrogens is 2. The Hall–Kier alpha value is -1.01. The highest BCUT2D eigenvalue weighted by molar-refractivity contribution is 7.88. The van der Waals surface area contributed by atoms with Crippen molar-refractivity contribution in [2.75, 3.05) is 0 Å². The van der Waals surface area contributed by atoms with Crippen LogP contribution in [0.15, 0.2) is 18.5 Å². The van der Waals surface area contributed by atoms with Crippen LogP contribution in [0.1, 0.15) is 5.82 Å². The Morgan fingerprint density at radius 3 is 2.36 bits per heavy atom. The van der Waals surface area contributed by atoms with Crippen molar-refractivity contribution in [2.45, 2.75) is 5.75 Å². The summed E-state index contributed by atoms with van der Waals surface area (Å²) in [5, 5.41) is 4.76. The van der Waals surface area contributed by atoms with Crippen LogP contribution >= 0.6 is 0 Å². The van der Waals surface area contributed by atoms with Crippen LogP contribution in [0.25, 0.3) is 0 Å². The van der Waals surface area contributed by atoms with Gasteiger partial charge in [0.15, 0.2) is 0 Å². The summed E-state index contributed by atoms with van der Waals surface area (Å²) >= 11 is 0. The Morgan fingerprint density at radius 1 is 1.36 bits per heavy atom. The van der Waals surface area contributed by atoms with E-state index in [0.717, 1.165) is 0 Å². The van der Waals surface area contributed by atoms with Crippen molar-refractivity contribution >= 4 is 10.0 Å². The summed E-state index contributed by atoms with van der Waals surface area (Å²) in [6, 6.07) is 1.60. The predicted octanol–water partition coefficient (Wildman–Crippen LogP) is -0.735. The third kappa shape index (κ3) is 3.06. The maximum Gasteiger partial charge on any atom is 0.216 e. The van der Waals surface area contributed by atoms with E-state index in [2.05, 4.69) is 9.97 Å². The number of nitrogens with zero attached hydrogens (tertiary/aromatic N) is 2. The Balaban J connectivity index is 2.82. The molecule has 0 bridgehead atoms. The minimum Gasteiger partial charge on any atom is -0.240 e. The monoisotopic (exact) mass is 173 g/mol. The van der Waals surface area contributed by atoms with Gasteiger partial charge < -0.3 is 0 Å². The second-order valence-corrected chi connectivity index (χ2v) is 3.59. The Morgan fingerprint density at radius 2 is 1.91 bits per heavy atom. The third-order valence-corrected chi connectivity index (χ3v) is 1.61. The molecule has 0 atom stereocenters. The standard InChI is InChI=1S/C5H7N3O2S/c6-11(9,10)4-5-7-2-1-3-8-5/h1-3H,4H2,(H2,6,9,10). The molecule has 11 heavy (non-hydrogen) atoms. The molecule has 0 unspecified atom stereocenters. The first-order valence-electron chi connectivity index (χ1n) is 2.84. The molecule has 0 saturated heterocycles. The average Bonchev–Trinajstić information content (AvgIpc) is 1.85. The summed E-state index contributed by atoms with van der Waals surface area (Å²) in [6.07, 6.45) is 2.93. The van der Waals surface area contributed by atoms with Gasteiger partial charge in [-0.1, -0.05) is 0 Å². The number of sulfonamides is 1. The zero-order chi connectivity index (χ0) is 8.32. The van der Waals surface area contributed by atoms with Crippen LogP contribution in [0.2, 0.25) is 0 Å². The highest BCUT2D eigenvalue weighted by Gasteiger charge is 2.05.